The summed E-state index contributed by atoms with van der Waals surface area (Å²) < 4.78 is 0.914. The summed E-state index contributed by atoms with van der Waals surface area (Å²) in [4.78, 5) is 4.44. The molecule has 3 heteroatoms. The van der Waals surface area contributed by atoms with Crippen LogP contribution in [-0.2, 0) is 6.42 Å². The van der Waals surface area contributed by atoms with Gasteiger partial charge >= 0.3 is 0 Å². The molecule has 1 heterocycles. The van der Waals surface area contributed by atoms with E-state index >= 15 is 0 Å². The molecule has 0 bridgehead atoms. The van der Waals surface area contributed by atoms with Crippen molar-refractivity contribution >= 4 is 21.6 Å². The average molecular weight is 243 g/mol. The zero-order valence-electron chi connectivity index (χ0n) is 8.10. The van der Waals surface area contributed by atoms with Crippen LogP contribution in [0.4, 0.5) is 5.69 Å². The summed E-state index contributed by atoms with van der Waals surface area (Å²) in [6.45, 7) is 2.19. The predicted octanol–water partition coefficient (Wildman–Crippen LogP) is 3.23. The van der Waals surface area contributed by atoms with Crippen LogP contribution in [0.15, 0.2) is 16.7 Å². The van der Waals surface area contributed by atoms with Gasteiger partial charge in [0.1, 0.15) is 4.60 Å². The highest BCUT2D eigenvalue weighted by Gasteiger charge is 2.02. The Morgan fingerprint density at radius 2 is 2.23 bits per heavy atom. The first kappa shape index (κ1) is 10.5. The van der Waals surface area contributed by atoms with Gasteiger partial charge < -0.3 is 5.32 Å². The second kappa shape index (κ2) is 5.22. The van der Waals surface area contributed by atoms with Crippen LogP contribution in [0.3, 0.4) is 0 Å². The second-order valence-corrected chi connectivity index (χ2v) is 3.79. The van der Waals surface area contributed by atoms with Crippen LogP contribution in [0.1, 0.15) is 25.5 Å². The molecule has 1 N–H and O–H groups in total. The van der Waals surface area contributed by atoms with Gasteiger partial charge in [-0.25, -0.2) is 4.98 Å². The standard InChI is InChI=1S/C10H15BrN2/c1-3-4-5-9-8(12-2)6-7-10(11)13-9/h6-7,12H,3-5H2,1-2H3. The minimum absolute atomic E-state index is 0.914. The predicted molar refractivity (Wildman–Crippen MR) is 60.1 cm³/mol. The number of halogens is 1. The summed E-state index contributed by atoms with van der Waals surface area (Å²) in [6, 6.07) is 4.02. The lowest BCUT2D eigenvalue weighted by Crippen LogP contribution is -1.98. The molecule has 0 aliphatic carbocycles. The third kappa shape index (κ3) is 2.99. The number of rotatable bonds is 4. The Kier molecular flexibility index (Phi) is 4.22. The molecule has 0 saturated carbocycles. The molecule has 0 fully saturated rings. The van der Waals surface area contributed by atoms with Gasteiger partial charge in [0.25, 0.3) is 0 Å². The highest BCUT2D eigenvalue weighted by Crippen LogP contribution is 2.18. The summed E-state index contributed by atoms with van der Waals surface area (Å²) in [5, 5.41) is 3.15. The molecule has 0 spiro atoms. The van der Waals surface area contributed by atoms with Crippen molar-refractivity contribution < 1.29 is 0 Å². The zero-order valence-corrected chi connectivity index (χ0v) is 9.69. The molecule has 0 saturated heterocycles. The van der Waals surface area contributed by atoms with Gasteiger partial charge in [-0.2, -0.15) is 0 Å². The first-order chi connectivity index (χ1) is 6.27. The van der Waals surface area contributed by atoms with Crippen molar-refractivity contribution in [3.63, 3.8) is 0 Å². The number of unbranched alkanes of at least 4 members (excludes halogenated alkanes) is 1. The fraction of sp³-hybridized carbons (Fsp3) is 0.500. The number of hydrogen-bond donors (Lipinski definition) is 1. The van der Waals surface area contributed by atoms with Crippen molar-refractivity contribution in [2.24, 2.45) is 0 Å². The number of aromatic nitrogens is 1. The van der Waals surface area contributed by atoms with E-state index in [1.807, 2.05) is 13.1 Å². The van der Waals surface area contributed by atoms with Crippen molar-refractivity contribution in [1.82, 2.24) is 4.98 Å². The minimum atomic E-state index is 0.914. The van der Waals surface area contributed by atoms with Gasteiger partial charge in [0.2, 0.25) is 0 Å². The summed E-state index contributed by atoms with van der Waals surface area (Å²) in [7, 11) is 1.93. The molecule has 1 aromatic heterocycles. The number of nitrogens with zero attached hydrogens (tertiary/aromatic N) is 1. The normalized spacial score (nSPS) is 10.1. The Bertz CT molecular complexity index is 274. The largest absolute Gasteiger partial charge is 0.387 e. The van der Waals surface area contributed by atoms with Crippen LogP contribution in [0, 0.1) is 0 Å². The Morgan fingerprint density at radius 1 is 1.46 bits per heavy atom. The summed E-state index contributed by atoms with van der Waals surface area (Å²) in [5.41, 5.74) is 2.29. The molecule has 0 atom stereocenters. The van der Waals surface area contributed by atoms with Gasteiger partial charge in [-0.3, -0.25) is 0 Å². The zero-order chi connectivity index (χ0) is 9.68. The molecule has 0 aliphatic rings. The van der Waals surface area contributed by atoms with Gasteiger partial charge in [-0.1, -0.05) is 13.3 Å². The van der Waals surface area contributed by atoms with Crippen molar-refractivity contribution in [1.29, 1.82) is 0 Å². The fourth-order valence-electron chi connectivity index (χ4n) is 1.24. The molecular formula is C10H15BrN2. The van der Waals surface area contributed by atoms with Gasteiger partial charge in [-0.05, 0) is 40.9 Å². The molecule has 0 amide bonds. The third-order valence-corrected chi connectivity index (χ3v) is 2.42. The number of anilines is 1. The van der Waals surface area contributed by atoms with E-state index in [0.717, 1.165) is 22.4 Å². The molecule has 13 heavy (non-hydrogen) atoms. The first-order valence-corrected chi connectivity index (χ1v) is 5.40. The summed E-state index contributed by atoms with van der Waals surface area (Å²) in [5.74, 6) is 0. The van der Waals surface area contributed by atoms with Crippen LogP contribution in [0.5, 0.6) is 0 Å². The average Bonchev–Trinajstić information content (AvgIpc) is 2.15. The van der Waals surface area contributed by atoms with E-state index in [1.54, 1.807) is 0 Å². The van der Waals surface area contributed by atoms with Crippen LogP contribution in [0.2, 0.25) is 0 Å². The van der Waals surface area contributed by atoms with E-state index in [9.17, 15) is 0 Å². The monoisotopic (exact) mass is 242 g/mol. The van der Waals surface area contributed by atoms with E-state index in [0.29, 0.717) is 0 Å². The van der Waals surface area contributed by atoms with Crippen LogP contribution >= 0.6 is 15.9 Å². The molecule has 2 nitrogen and oxygen atoms in total. The Morgan fingerprint density at radius 3 is 2.85 bits per heavy atom. The molecular weight excluding hydrogens is 228 g/mol. The van der Waals surface area contributed by atoms with Gasteiger partial charge in [0.05, 0.1) is 11.4 Å². The topological polar surface area (TPSA) is 24.9 Å². The third-order valence-electron chi connectivity index (χ3n) is 1.98. The van der Waals surface area contributed by atoms with Gasteiger partial charge in [0.15, 0.2) is 0 Å². The number of aryl methyl sites for hydroxylation is 1. The molecule has 1 aromatic rings. The maximum atomic E-state index is 4.44. The van der Waals surface area contributed by atoms with E-state index < -0.39 is 0 Å². The lowest BCUT2D eigenvalue weighted by molar-refractivity contribution is 0.776. The number of nitrogens with one attached hydrogen (secondary N) is 1. The first-order valence-electron chi connectivity index (χ1n) is 4.61. The summed E-state index contributed by atoms with van der Waals surface area (Å²) >= 11 is 3.38. The van der Waals surface area contributed by atoms with Gasteiger partial charge in [0, 0.05) is 7.05 Å². The quantitative estimate of drug-likeness (QED) is 0.821. The molecule has 0 aliphatic heterocycles. The van der Waals surface area contributed by atoms with Crippen LogP contribution < -0.4 is 5.32 Å². The Hall–Kier alpha value is -0.570. The van der Waals surface area contributed by atoms with Crippen molar-refractivity contribution in [3.8, 4) is 0 Å². The summed E-state index contributed by atoms with van der Waals surface area (Å²) in [6.07, 6.45) is 3.45. The molecule has 0 aromatic carbocycles. The molecule has 72 valence electrons. The van der Waals surface area contributed by atoms with E-state index in [-0.39, 0.29) is 0 Å². The Labute approximate surface area is 87.9 Å². The van der Waals surface area contributed by atoms with Crippen LogP contribution in [-0.4, -0.2) is 12.0 Å². The second-order valence-electron chi connectivity index (χ2n) is 2.98. The molecule has 0 radical (unpaired) electrons. The van der Waals surface area contributed by atoms with E-state index in [2.05, 4.69) is 39.2 Å². The van der Waals surface area contributed by atoms with Gasteiger partial charge in [-0.15, -0.1) is 0 Å². The van der Waals surface area contributed by atoms with Crippen molar-refractivity contribution in [3.05, 3.63) is 22.4 Å². The fourth-order valence-corrected chi connectivity index (χ4v) is 1.58. The van der Waals surface area contributed by atoms with E-state index in [4.69, 9.17) is 0 Å². The maximum Gasteiger partial charge on any atom is 0.106 e. The van der Waals surface area contributed by atoms with E-state index in [1.165, 1.54) is 12.8 Å². The Balaban J connectivity index is 2.81. The van der Waals surface area contributed by atoms with Crippen LogP contribution in [0.25, 0.3) is 0 Å². The SMILES string of the molecule is CCCCc1nc(Br)ccc1NC. The molecule has 1 rings (SSSR count). The highest BCUT2D eigenvalue weighted by atomic mass is 79.9. The lowest BCUT2D eigenvalue weighted by Gasteiger charge is -2.07. The smallest absolute Gasteiger partial charge is 0.106 e. The van der Waals surface area contributed by atoms with Crippen molar-refractivity contribution in [2.75, 3.05) is 12.4 Å². The van der Waals surface area contributed by atoms with Crippen molar-refractivity contribution in [2.45, 2.75) is 26.2 Å². The number of hydrogen-bond acceptors (Lipinski definition) is 2. The highest BCUT2D eigenvalue weighted by molar-refractivity contribution is 9.10. The minimum Gasteiger partial charge on any atom is -0.387 e. The maximum absolute atomic E-state index is 4.44. The number of pyridine rings is 1. The molecule has 0 unspecified atom stereocenters. The lowest BCUT2D eigenvalue weighted by atomic mass is 10.1.